The number of carbonyl (C=O) groups excluding carboxylic acids is 1. The number of hydrogen-bond acceptors (Lipinski definition) is 3. The van der Waals surface area contributed by atoms with E-state index in [1.54, 1.807) is 0 Å². The molecule has 0 saturated heterocycles. The van der Waals surface area contributed by atoms with Crippen LogP contribution in [-0.4, -0.2) is 17.7 Å². The van der Waals surface area contributed by atoms with E-state index in [4.69, 9.17) is 0 Å². The highest BCUT2D eigenvalue weighted by molar-refractivity contribution is 5.98. The van der Waals surface area contributed by atoms with Gasteiger partial charge < -0.3 is 5.32 Å². The first kappa shape index (κ1) is 19.4. The molecule has 142 valence electrons. The van der Waals surface area contributed by atoms with Crippen LogP contribution < -0.4 is 10.7 Å². The summed E-state index contributed by atoms with van der Waals surface area (Å²) in [6, 6.07) is 23.8. The average molecular weight is 371 g/mol. The molecule has 2 N–H and O–H groups in total. The number of amides is 1. The van der Waals surface area contributed by atoms with E-state index >= 15 is 0 Å². The lowest BCUT2D eigenvalue weighted by Gasteiger charge is -2.18. The fourth-order valence-corrected chi connectivity index (χ4v) is 2.93. The number of hydrogen-bond donors (Lipinski definition) is 2. The lowest BCUT2D eigenvalue weighted by atomic mass is 10.1. The first-order chi connectivity index (χ1) is 13.7. The molecule has 3 rings (SSSR count). The summed E-state index contributed by atoms with van der Waals surface area (Å²) >= 11 is 0. The maximum Gasteiger partial charge on any atom is 0.262 e. The summed E-state index contributed by atoms with van der Waals surface area (Å²) in [6.45, 7) is 3.84. The molecule has 0 saturated carbocycles. The van der Waals surface area contributed by atoms with Gasteiger partial charge in [-0.05, 0) is 36.4 Å². The van der Waals surface area contributed by atoms with Crippen molar-refractivity contribution in [2.24, 2.45) is 5.10 Å². The van der Waals surface area contributed by atoms with Crippen molar-refractivity contribution < 1.29 is 4.79 Å². The summed E-state index contributed by atoms with van der Waals surface area (Å²) in [5.41, 5.74) is 5.45. The van der Waals surface area contributed by atoms with Gasteiger partial charge in [0.2, 0.25) is 0 Å². The Bertz CT molecular complexity index is 988. The molecule has 0 aliphatic rings. The molecule has 0 unspecified atom stereocenters. The number of anilines is 1. The topological polar surface area (TPSA) is 53.5 Å². The second-order valence-electron chi connectivity index (χ2n) is 6.61. The molecular formula is C24H25N3O. The van der Waals surface area contributed by atoms with Crippen molar-refractivity contribution >= 4 is 34.2 Å². The molecule has 3 aromatic carbocycles. The maximum absolute atomic E-state index is 12.6. The highest BCUT2D eigenvalue weighted by Crippen LogP contribution is 2.24. The Balaban J connectivity index is 1.65. The molecule has 0 aromatic heterocycles. The predicted molar refractivity (Wildman–Crippen MR) is 118 cm³/mol. The van der Waals surface area contributed by atoms with Crippen LogP contribution in [0.25, 0.3) is 16.8 Å². The fourth-order valence-electron chi connectivity index (χ4n) is 2.93. The third kappa shape index (κ3) is 5.07. The highest BCUT2D eigenvalue weighted by Gasteiger charge is 2.16. The van der Waals surface area contributed by atoms with Crippen LogP contribution in [-0.2, 0) is 4.79 Å². The van der Waals surface area contributed by atoms with Gasteiger partial charge in [0.05, 0.1) is 5.71 Å². The zero-order valence-corrected chi connectivity index (χ0v) is 16.2. The molecular weight excluding hydrogens is 346 g/mol. The van der Waals surface area contributed by atoms with Crippen molar-refractivity contribution in [1.82, 2.24) is 5.43 Å². The Morgan fingerprint density at radius 1 is 1.00 bits per heavy atom. The molecule has 0 fully saturated rings. The Morgan fingerprint density at radius 2 is 1.71 bits per heavy atom. The smallest absolute Gasteiger partial charge is 0.262 e. The van der Waals surface area contributed by atoms with Crippen LogP contribution in [0.15, 0.2) is 84.0 Å². The normalized spacial score (nSPS) is 12.9. The van der Waals surface area contributed by atoms with Gasteiger partial charge in [-0.2, -0.15) is 5.10 Å². The van der Waals surface area contributed by atoms with E-state index in [2.05, 4.69) is 34.0 Å². The van der Waals surface area contributed by atoms with Crippen LogP contribution in [0.4, 0.5) is 5.69 Å². The number of carbonyl (C=O) groups is 1. The highest BCUT2D eigenvalue weighted by atomic mass is 16.2. The van der Waals surface area contributed by atoms with E-state index in [0.717, 1.165) is 27.7 Å². The Labute approximate surface area is 166 Å². The van der Waals surface area contributed by atoms with Gasteiger partial charge in [0.1, 0.15) is 6.04 Å². The van der Waals surface area contributed by atoms with Crippen LogP contribution >= 0.6 is 0 Å². The molecule has 0 spiro atoms. The van der Waals surface area contributed by atoms with Gasteiger partial charge >= 0.3 is 0 Å². The number of nitrogens with one attached hydrogen (secondary N) is 2. The van der Waals surface area contributed by atoms with Gasteiger partial charge in [0.25, 0.3) is 5.91 Å². The molecule has 28 heavy (non-hydrogen) atoms. The zero-order valence-electron chi connectivity index (χ0n) is 16.2. The van der Waals surface area contributed by atoms with E-state index in [1.165, 1.54) is 0 Å². The van der Waals surface area contributed by atoms with Crippen LogP contribution in [0.3, 0.4) is 0 Å². The van der Waals surface area contributed by atoms with Crippen molar-refractivity contribution in [3.63, 3.8) is 0 Å². The minimum Gasteiger partial charge on any atom is -0.373 e. The molecule has 0 aliphatic heterocycles. The molecule has 0 aliphatic carbocycles. The standard InChI is InChI=1S/C24H25N3O/c1-3-22(25-23-15-9-13-20-12-7-8-14-21(20)23)24(28)27-26-18(2)16-17-19-10-5-4-6-11-19/h4-17,22,25H,3H2,1-2H3,(H,27,28)/b17-16+,26-18?/t22-/m0/s1. The largest absolute Gasteiger partial charge is 0.373 e. The van der Waals surface area contributed by atoms with Crippen molar-refractivity contribution in [3.05, 3.63) is 84.4 Å². The van der Waals surface area contributed by atoms with E-state index in [-0.39, 0.29) is 11.9 Å². The molecule has 4 nitrogen and oxygen atoms in total. The third-order valence-corrected chi connectivity index (χ3v) is 4.50. The van der Waals surface area contributed by atoms with Crippen LogP contribution in [0, 0.1) is 0 Å². The van der Waals surface area contributed by atoms with Gasteiger partial charge in [-0.15, -0.1) is 0 Å². The number of nitrogens with zero attached hydrogens (tertiary/aromatic N) is 1. The molecule has 4 heteroatoms. The lowest BCUT2D eigenvalue weighted by Crippen LogP contribution is -2.37. The molecule has 1 atom stereocenters. The molecule has 0 bridgehead atoms. The zero-order chi connectivity index (χ0) is 19.8. The summed E-state index contributed by atoms with van der Waals surface area (Å²) in [5, 5.41) is 9.80. The third-order valence-electron chi connectivity index (χ3n) is 4.50. The first-order valence-electron chi connectivity index (χ1n) is 9.49. The average Bonchev–Trinajstić information content (AvgIpc) is 2.75. The molecule has 3 aromatic rings. The maximum atomic E-state index is 12.6. The molecule has 0 heterocycles. The van der Waals surface area contributed by atoms with Crippen molar-refractivity contribution in [2.45, 2.75) is 26.3 Å². The monoisotopic (exact) mass is 371 g/mol. The fraction of sp³-hybridized carbons (Fsp3) is 0.167. The number of allylic oxidation sites excluding steroid dienone is 1. The van der Waals surface area contributed by atoms with Gasteiger partial charge in [0, 0.05) is 11.1 Å². The minimum absolute atomic E-state index is 0.150. The number of fused-ring (bicyclic) bond motifs is 1. The second kappa shape index (κ2) is 9.51. The van der Waals surface area contributed by atoms with Crippen molar-refractivity contribution in [1.29, 1.82) is 0 Å². The summed E-state index contributed by atoms with van der Waals surface area (Å²) in [5.74, 6) is -0.150. The predicted octanol–water partition coefficient (Wildman–Crippen LogP) is 5.24. The van der Waals surface area contributed by atoms with E-state index in [0.29, 0.717) is 6.42 Å². The van der Waals surface area contributed by atoms with E-state index < -0.39 is 0 Å². The van der Waals surface area contributed by atoms with Gasteiger partial charge in [-0.1, -0.05) is 79.7 Å². The lowest BCUT2D eigenvalue weighted by molar-refractivity contribution is -0.121. The van der Waals surface area contributed by atoms with Crippen LogP contribution in [0.2, 0.25) is 0 Å². The number of hydrazone groups is 1. The first-order valence-corrected chi connectivity index (χ1v) is 9.49. The second-order valence-corrected chi connectivity index (χ2v) is 6.61. The van der Waals surface area contributed by atoms with Gasteiger partial charge in [0.15, 0.2) is 0 Å². The van der Waals surface area contributed by atoms with Crippen LogP contribution in [0.1, 0.15) is 25.8 Å². The minimum atomic E-state index is -0.361. The Hall–Kier alpha value is -3.40. The summed E-state index contributed by atoms with van der Waals surface area (Å²) < 4.78 is 0. The molecule has 0 radical (unpaired) electrons. The SMILES string of the molecule is CC[C@H](Nc1cccc2ccccc12)C(=O)NN=C(C)/C=C/c1ccccc1. The van der Waals surface area contributed by atoms with Crippen molar-refractivity contribution in [2.75, 3.05) is 5.32 Å². The quantitative estimate of drug-likeness (QED) is 0.441. The summed E-state index contributed by atoms with van der Waals surface area (Å²) in [4.78, 5) is 12.6. The van der Waals surface area contributed by atoms with Crippen LogP contribution in [0.5, 0.6) is 0 Å². The molecule has 1 amide bonds. The summed E-state index contributed by atoms with van der Waals surface area (Å²) in [6.07, 6.45) is 4.51. The van der Waals surface area contributed by atoms with Crippen molar-refractivity contribution in [3.8, 4) is 0 Å². The van der Waals surface area contributed by atoms with Gasteiger partial charge in [-0.3, -0.25) is 4.79 Å². The summed E-state index contributed by atoms with van der Waals surface area (Å²) in [7, 11) is 0. The van der Waals surface area contributed by atoms with Gasteiger partial charge in [-0.25, -0.2) is 5.43 Å². The van der Waals surface area contributed by atoms with E-state index in [9.17, 15) is 4.79 Å². The Morgan fingerprint density at radius 3 is 2.50 bits per heavy atom. The van der Waals surface area contributed by atoms with E-state index in [1.807, 2.05) is 80.6 Å². The number of rotatable bonds is 7. The Kier molecular flexibility index (Phi) is 6.58. The number of benzene rings is 3.